The number of methoxy groups -OCH3 is 1. The third kappa shape index (κ3) is 6.69. The van der Waals surface area contributed by atoms with Gasteiger partial charge in [0, 0.05) is 36.3 Å². The number of esters is 1. The maximum Gasteiger partial charge on any atom is 0.341 e. The second kappa shape index (κ2) is 12.8. The van der Waals surface area contributed by atoms with Gasteiger partial charge in [-0.1, -0.05) is 38.1 Å². The number of ether oxygens (including phenoxy) is 2. The van der Waals surface area contributed by atoms with Crippen LogP contribution in [0, 0.1) is 0 Å². The molecule has 4 rings (SSSR count). The largest absolute Gasteiger partial charge is 0.497 e. The van der Waals surface area contributed by atoms with Crippen LogP contribution >= 0.6 is 9.24 Å². The Hall–Kier alpha value is -3.11. The van der Waals surface area contributed by atoms with Gasteiger partial charge in [0.05, 0.1) is 25.0 Å². The van der Waals surface area contributed by atoms with Crippen molar-refractivity contribution in [2.45, 2.75) is 27.2 Å². The summed E-state index contributed by atoms with van der Waals surface area (Å²) in [5, 5.41) is 2.19. The number of aromatic amines is 1. The van der Waals surface area contributed by atoms with Gasteiger partial charge >= 0.3 is 5.97 Å². The fourth-order valence-corrected chi connectivity index (χ4v) is 3.61. The molecular formula is C26H33N2O4P. The van der Waals surface area contributed by atoms with Crippen LogP contribution in [0.1, 0.15) is 42.4 Å². The Balaban J connectivity index is 0.000000293. The third-order valence-electron chi connectivity index (χ3n) is 5.01. The average molecular weight is 469 g/mol. The molecule has 1 aliphatic heterocycles. The number of carbonyl (C=O) groups excluding carboxylic acids is 2. The molecule has 0 bridgehead atoms. The van der Waals surface area contributed by atoms with Gasteiger partial charge < -0.3 is 19.4 Å². The number of benzene rings is 2. The van der Waals surface area contributed by atoms with Crippen molar-refractivity contribution in [3.05, 3.63) is 65.5 Å². The lowest BCUT2D eigenvalue weighted by molar-refractivity contribution is -0.136. The number of likely N-dealkylation sites (N-methyl/N-ethyl adjacent to an activating group) is 1. The van der Waals surface area contributed by atoms with Crippen molar-refractivity contribution in [1.29, 1.82) is 0 Å². The van der Waals surface area contributed by atoms with E-state index >= 15 is 0 Å². The van der Waals surface area contributed by atoms with Crippen molar-refractivity contribution in [3.63, 3.8) is 0 Å². The number of nitrogens with zero attached hydrogens (tertiary/aromatic N) is 1. The first kappa shape index (κ1) is 26.1. The van der Waals surface area contributed by atoms with E-state index in [-0.39, 0.29) is 5.97 Å². The Morgan fingerprint density at radius 2 is 1.88 bits per heavy atom. The molecule has 1 aromatic heterocycles. The van der Waals surface area contributed by atoms with Crippen LogP contribution in [0.5, 0.6) is 5.75 Å². The normalized spacial score (nSPS) is 12.2. The Labute approximate surface area is 198 Å². The summed E-state index contributed by atoms with van der Waals surface area (Å²) in [6.07, 6.45) is 3.55. The molecule has 0 amide bonds. The topological polar surface area (TPSA) is 71.6 Å². The Morgan fingerprint density at radius 3 is 2.48 bits per heavy atom. The molecule has 1 atom stereocenters. The number of nitrogens with one attached hydrogen (secondary N) is 1. The van der Waals surface area contributed by atoms with E-state index in [1.807, 2.05) is 69.3 Å². The molecule has 33 heavy (non-hydrogen) atoms. The molecule has 1 aliphatic rings. The van der Waals surface area contributed by atoms with Crippen molar-refractivity contribution in [3.8, 4) is 5.75 Å². The monoisotopic (exact) mass is 468 g/mol. The molecule has 0 saturated heterocycles. The summed E-state index contributed by atoms with van der Waals surface area (Å²) in [6, 6.07) is 13.2. The lowest BCUT2D eigenvalue weighted by Crippen LogP contribution is -2.14. The Bertz CT molecular complexity index is 1100. The molecule has 1 unspecified atom stereocenters. The number of aldehydes is 1. The second-order valence-electron chi connectivity index (χ2n) is 7.17. The lowest BCUT2D eigenvalue weighted by atomic mass is 10.0. The number of rotatable bonds is 4. The van der Waals surface area contributed by atoms with E-state index in [2.05, 4.69) is 14.2 Å². The molecule has 0 radical (unpaired) electrons. The molecule has 176 valence electrons. The fraction of sp³-hybridized carbons (Fsp3) is 0.308. The van der Waals surface area contributed by atoms with Gasteiger partial charge in [0.25, 0.3) is 0 Å². The average Bonchev–Trinajstić information content (AvgIpc) is 3.11. The van der Waals surface area contributed by atoms with E-state index in [9.17, 15) is 9.59 Å². The lowest BCUT2D eigenvalue weighted by Gasteiger charge is -2.12. The van der Waals surface area contributed by atoms with Crippen LogP contribution in [-0.4, -0.2) is 49.4 Å². The van der Waals surface area contributed by atoms with Crippen LogP contribution in [0.15, 0.2) is 48.7 Å². The smallest absolute Gasteiger partial charge is 0.341 e. The predicted molar refractivity (Wildman–Crippen MR) is 138 cm³/mol. The van der Waals surface area contributed by atoms with Gasteiger partial charge in [-0.05, 0) is 42.4 Å². The van der Waals surface area contributed by atoms with E-state index < -0.39 is 0 Å². The highest BCUT2D eigenvalue weighted by atomic mass is 31.0. The quantitative estimate of drug-likeness (QED) is 0.344. The first-order chi connectivity index (χ1) is 16.0. The maximum atomic E-state index is 12.3. The zero-order valence-corrected chi connectivity index (χ0v) is 21.1. The van der Waals surface area contributed by atoms with E-state index in [0.717, 1.165) is 58.0 Å². The van der Waals surface area contributed by atoms with Gasteiger partial charge in [-0.2, -0.15) is 0 Å². The molecule has 2 heterocycles. The van der Waals surface area contributed by atoms with Gasteiger partial charge in [0.2, 0.25) is 0 Å². The van der Waals surface area contributed by atoms with Gasteiger partial charge in [-0.15, -0.1) is 9.24 Å². The third-order valence-corrected chi connectivity index (χ3v) is 5.40. The number of carbonyl (C=O) groups is 2. The molecule has 0 spiro atoms. The van der Waals surface area contributed by atoms with E-state index in [1.54, 1.807) is 19.2 Å². The molecule has 0 saturated carbocycles. The summed E-state index contributed by atoms with van der Waals surface area (Å²) in [5.41, 5.74) is 4.29. The van der Waals surface area contributed by atoms with E-state index in [4.69, 9.17) is 9.47 Å². The number of H-pyrrole nitrogens is 1. The van der Waals surface area contributed by atoms with Gasteiger partial charge in [0.15, 0.2) is 0 Å². The van der Waals surface area contributed by atoms with Crippen molar-refractivity contribution >= 4 is 43.3 Å². The van der Waals surface area contributed by atoms with Crippen LogP contribution in [0.2, 0.25) is 0 Å². The fourth-order valence-electron chi connectivity index (χ4n) is 3.42. The number of fused-ring (bicyclic) bond motifs is 3. The van der Waals surface area contributed by atoms with Gasteiger partial charge in [-0.25, -0.2) is 4.79 Å². The molecule has 2 aromatic carbocycles. The molecule has 0 fully saturated rings. The molecule has 3 aromatic rings. The zero-order valence-electron chi connectivity index (χ0n) is 20.0. The number of hydrogen-bond acceptors (Lipinski definition) is 5. The van der Waals surface area contributed by atoms with Crippen LogP contribution < -0.4 is 10.0 Å². The summed E-state index contributed by atoms with van der Waals surface area (Å²) in [4.78, 5) is 27.8. The van der Waals surface area contributed by atoms with Crippen LogP contribution in [0.25, 0.3) is 16.5 Å². The van der Waals surface area contributed by atoms with E-state index in [1.165, 1.54) is 0 Å². The SMILES string of the molecule is CC.CCOC(=O)C1=CN(C)CCc2c1[nH]c1ccc(OC)cc21.O=Cc1ccc(P)cc1. The van der Waals surface area contributed by atoms with Crippen LogP contribution in [-0.2, 0) is 16.0 Å². The summed E-state index contributed by atoms with van der Waals surface area (Å²) >= 11 is 0. The molecule has 0 aliphatic carbocycles. The predicted octanol–water partition coefficient (Wildman–Crippen LogP) is 4.59. The van der Waals surface area contributed by atoms with Crippen LogP contribution in [0.4, 0.5) is 0 Å². The summed E-state index contributed by atoms with van der Waals surface area (Å²) in [7, 11) is 6.18. The maximum absolute atomic E-state index is 12.3. The van der Waals surface area contributed by atoms with Crippen molar-refractivity contribution in [2.24, 2.45) is 0 Å². The second-order valence-corrected chi connectivity index (χ2v) is 7.84. The number of aromatic nitrogens is 1. The van der Waals surface area contributed by atoms with Gasteiger partial charge in [-0.3, -0.25) is 4.79 Å². The minimum absolute atomic E-state index is 0.295. The molecule has 6 nitrogen and oxygen atoms in total. The highest BCUT2D eigenvalue weighted by molar-refractivity contribution is 7.27. The number of hydrogen-bond donors (Lipinski definition) is 1. The highest BCUT2D eigenvalue weighted by Gasteiger charge is 2.24. The van der Waals surface area contributed by atoms with Gasteiger partial charge in [0.1, 0.15) is 12.0 Å². The molecule has 1 N–H and O–H groups in total. The van der Waals surface area contributed by atoms with E-state index in [0.29, 0.717) is 12.2 Å². The van der Waals surface area contributed by atoms with Crippen molar-refractivity contribution < 1.29 is 19.1 Å². The standard InChI is InChI=1S/C17H20N2O3.C7H7OP.C2H6/c1-4-22-17(20)14-10-19(2)8-7-12-13-9-11(21-3)5-6-15(13)18-16(12)14;8-5-6-1-3-7(9)4-2-6;1-2/h5-6,9-10,18H,4,7-8H2,1-3H3;1-5H,9H2;1-2H3. The van der Waals surface area contributed by atoms with Crippen LogP contribution in [0.3, 0.4) is 0 Å². The minimum Gasteiger partial charge on any atom is -0.497 e. The summed E-state index contributed by atoms with van der Waals surface area (Å²) in [6.45, 7) is 7.03. The first-order valence-corrected chi connectivity index (χ1v) is 11.6. The summed E-state index contributed by atoms with van der Waals surface area (Å²) in [5.74, 6) is 0.518. The van der Waals surface area contributed by atoms with Crippen molar-refractivity contribution in [2.75, 3.05) is 27.3 Å². The molecule has 7 heteroatoms. The summed E-state index contributed by atoms with van der Waals surface area (Å²) < 4.78 is 10.5. The Kier molecular flexibility index (Phi) is 10.1. The van der Waals surface area contributed by atoms with Crippen molar-refractivity contribution in [1.82, 2.24) is 9.88 Å². The Morgan fingerprint density at radius 1 is 1.18 bits per heavy atom. The highest BCUT2D eigenvalue weighted by Crippen LogP contribution is 2.33. The zero-order chi connectivity index (χ0) is 24.4. The first-order valence-electron chi connectivity index (χ1n) is 11.1. The molecular weight excluding hydrogens is 435 g/mol. The minimum atomic E-state index is -0.295.